The van der Waals surface area contributed by atoms with Gasteiger partial charge in [-0.1, -0.05) is 23.7 Å². The Balaban J connectivity index is 2.57. The summed E-state index contributed by atoms with van der Waals surface area (Å²) in [6.45, 7) is 0.105. The fourth-order valence-electron chi connectivity index (χ4n) is 1.29. The van der Waals surface area contributed by atoms with Crippen molar-refractivity contribution in [2.45, 2.75) is 6.54 Å². The number of hydrogen-bond donors (Lipinski definition) is 1. The van der Waals surface area contributed by atoms with Crippen LogP contribution < -0.4 is 11.6 Å². The summed E-state index contributed by atoms with van der Waals surface area (Å²) in [7, 11) is 0. The maximum atomic E-state index is 10.9. The highest BCUT2D eigenvalue weighted by atomic mass is 35.5. The van der Waals surface area contributed by atoms with Gasteiger partial charge in [0.25, 0.3) is 0 Å². The van der Waals surface area contributed by atoms with Gasteiger partial charge in [-0.15, -0.1) is 0 Å². The normalized spacial score (nSPS) is 10.5. The van der Waals surface area contributed by atoms with Crippen LogP contribution in [-0.2, 0) is 6.54 Å². The lowest BCUT2D eigenvalue weighted by molar-refractivity contribution is 0.376. The van der Waals surface area contributed by atoms with E-state index in [1.807, 2.05) is 0 Å². The molecule has 1 aromatic heterocycles. The SMILES string of the molecule is NCc1oc(=O)oc1-c1cccc(Cl)c1. The number of benzene rings is 1. The van der Waals surface area contributed by atoms with Gasteiger partial charge in [0.05, 0.1) is 6.54 Å². The lowest BCUT2D eigenvalue weighted by atomic mass is 10.1. The highest BCUT2D eigenvalue weighted by Crippen LogP contribution is 2.25. The Morgan fingerprint density at radius 3 is 2.80 bits per heavy atom. The van der Waals surface area contributed by atoms with E-state index in [9.17, 15) is 4.79 Å². The van der Waals surface area contributed by atoms with E-state index in [1.54, 1.807) is 24.3 Å². The predicted molar refractivity (Wildman–Crippen MR) is 55.6 cm³/mol. The van der Waals surface area contributed by atoms with Gasteiger partial charge in [-0.3, -0.25) is 0 Å². The monoisotopic (exact) mass is 225 g/mol. The molecule has 0 spiro atoms. The maximum Gasteiger partial charge on any atom is 0.519 e. The van der Waals surface area contributed by atoms with Gasteiger partial charge in [0.2, 0.25) is 0 Å². The van der Waals surface area contributed by atoms with Gasteiger partial charge >= 0.3 is 5.82 Å². The zero-order valence-corrected chi connectivity index (χ0v) is 8.45. The lowest BCUT2D eigenvalue weighted by Gasteiger charge is -1.97. The molecule has 0 saturated carbocycles. The van der Waals surface area contributed by atoms with Crippen LogP contribution in [-0.4, -0.2) is 0 Å². The van der Waals surface area contributed by atoms with E-state index in [4.69, 9.17) is 26.2 Å². The summed E-state index contributed by atoms with van der Waals surface area (Å²) < 4.78 is 9.65. The second kappa shape index (κ2) is 3.92. The Labute approximate surface area is 90.3 Å². The van der Waals surface area contributed by atoms with Gasteiger partial charge in [-0.05, 0) is 12.1 Å². The summed E-state index contributed by atoms with van der Waals surface area (Å²) in [6, 6.07) is 6.92. The number of hydrogen-bond acceptors (Lipinski definition) is 4. The van der Waals surface area contributed by atoms with E-state index in [0.29, 0.717) is 22.1 Å². The smallest absolute Gasteiger partial charge is 0.394 e. The van der Waals surface area contributed by atoms with Crippen LogP contribution in [0.15, 0.2) is 37.9 Å². The van der Waals surface area contributed by atoms with Crippen LogP contribution in [0.5, 0.6) is 0 Å². The van der Waals surface area contributed by atoms with E-state index in [-0.39, 0.29) is 6.54 Å². The van der Waals surface area contributed by atoms with Crippen molar-refractivity contribution >= 4 is 11.6 Å². The summed E-state index contributed by atoms with van der Waals surface area (Å²) >= 11 is 5.82. The van der Waals surface area contributed by atoms with Gasteiger partial charge in [0.15, 0.2) is 11.5 Å². The summed E-state index contributed by atoms with van der Waals surface area (Å²) in [5, 5.41) is 0.555. The molecular formula is C10H8ClNO3. The van der Waals surface area contributed by atoms with Gasteiger partial charge < -0.3 is 14.6 Å². The molecule has 0 atom stereocenters. The lowest BCUT2D eigenvalue weighted by Crippen LogP contribution is -1.96. The first kappa shape index (κ1) is 10.0. The molecule has 0 radical (unpaired) electrons. The third-order valence-electron chi connectivity index (χ3n) is 1.92. The van der Waals surface area contributed by atoms with E-state index >= 15 is 0 Å². The topological polar surface area (TPSA) is 69.4 Å². The number of halogens is 1. The van der Waals surface area contributed by atoms with Crippen LogP contribution in [0.2, 0.25) is 5.02 Å². The first-order chi connectivity index (χ1) is 7.20. The summed E-state index contributed by atoms with van der Waals surface area (Å²) in [6.07, 6.45) is 0. The molecule has 15 heavy (non-hydrogen) atoms. The second-order valence-corrected chi connectivity index (χ2v) is 3.36. The molecule has 0 aliphatic rings. The summed E-state index contributed by atoms with van der Waals surface area (Å²) in [5.41, 5.74) is 6.09. The quantitative estimate of drug-likeness (QED) is 0.849. The van der Waals surface area contributed by atoms with Gasteiger partial charge in [-0.2, -0.15) is 0 Å². The van der Waals surface area contributed by atoms with Crippen LogP contribution in [0.3, 0.4) is 0 Å². The summed E-state index contributed by atoms with van der Waals surface area (Å²) in [5.74, 6) is -0.0994. The summed E-state index contributed by atoms with van der Waals surface area (Å²) in [4.78, 5) is 10.9. The van der Waals surface area contributed by atoms with Gasteiger partial charge in [0, 0.05) is 10.6 Å². The third-order valence-corrected chi connectivity index (χ3v) is 2.15. The van der Waals surface area contributed by atoms with Gasteiger partial charge in [0.1, 0.15) is 0 Å². The van der Waals surface area contributed by atoms with Crippen LogP contribution in [0.4, 0.5) is 0 Å². The van der Waals surface area contributed by atoms with E-state index in [1.165, 1.54) is 0 Å². The van der Waals surface area contributed by atoms with Gasteiger partial charge in [-0.25, -0.2) is 4.79 Å². The molecular weight excluding hydrogens is 218 g/mol. The minimum Gasteiger partial charge on any atom is -0.394 e. The molecule has 2 rings (SSSR count). The van der Waals surface area contributed by atoms with Crippen LogP contribution >= 0.6 is 11.6 Å². The molecule has 4 nitrogen and oxygen atoms in total. The third kappa shape index (κ3) is 1.95. The Hall–Kier alpha value is -1.52. The van der Waals surface area contributed by atoms with E-state index in [2.05, 4.69) is 0 Å². The van der Waals surface area contributed by atoms with Crippen LogP contribution in [0.25, 0.3) is 11.3 Å². The predicted octanol–water partition coefficient (Wildman–Crippen LogP) is 2.01. The van der Waals surface area contributed by atoms with Crippen molar-refractivity contribution < 1.29 is 8.83 Å². The standard InChI is InChI=1S/C10H8ClNO3/c11-7-3-1-2-6(4-7)9-8(5-12)14-10(13)15-9/h1-4H,5,12H2. The average molecular weight is 226 g/mol. The molecule has 1 aromatic carbocycles. The molecule has 78 valence electrons. The molecule has 0 aliphatic heterocycles. The molecule has 0 aliphatic carbocycles. The Bertz CT molecular complexity index is 529. The van der Waals surface area contributed by atoms with Crippen molar-refractivity contribution in [2.24, 2.45) is 5.73 Å². The zero-order chi connectivity index (χ0) is 10.8. The first-order valence-corrected chi connectivity index (χ1v) is 4.67. The molecule has 2 aromatic rings. The Morgan fingerprint density at radius 1 is 1.33 bits per heavy atom. The molecule has 5 heteroatoms. The highest BCUT2D eigenvalue weighted by molar-refractivity contribution is 6.30. The van der Waals surface area contributed by atoms with Crippen LogP contribution in [0, 0.1) is 0 Å². The molecule has 2 N–H and O–H groups in total. The van der Waals surface area contributed by atoms with Crippen molar-refractivity contribution in [3.8, 4) is 11.3 Å². The minimum atomic E-state index is -0.759. The average Bonchev–Trinajstić information content (AvgIpc) is 2.59. The van der Waals surface area contributed by atoms with E-state index in [0.717, 1.165) is 0 Å². The number of nitrogens with two attached hydrogens (primary N) is 1. The van der Waals surface area contributed by atoms with Crippen LogP contribution in [0.1, 0.15) is 5.76 Å². The van der Waals surface area contributed by atoms with Crippen molar-refractivity contribution in [1.82, 2.24) is 0 Å². The Morgan fingerprint density at radius 2 is 2.13 bits per heavy atom. The zero-order valence-electron chi connectivity index (χ0n) is 7.70. The van der Waals surface area contributed by atoms with Crippen molar-refractivity contribution in [1.29, 1.82) is 0 Å². The second-order valence-electron chi connectivity index (χ2n) is 2.92. The first-order valence-electron chi connectivity index (χ1n) is 4.29. The molecule has 0 fully saturated rings. The fourth-order valence-corrected chi connectivity index (χ4v) is 1.48. The largest absolute Gasteiger partial charge is 0.519 e. The number of rotatable bonds is 2. The minimum absolute atomic E-state index is 0.105. The Kier molecular flexibility index (Phi) is 2.62. The maximum absolute atomic E-state index is 10.9. The fraction of sp³-hybridized carbons (Fsp3) is 0.100. The molecule has 0 amide bonds. The van der Waals surface area contributed by atoms with E-state index < -0.39 is 5.82 Å². The molecule has 1 heterocycles. The van der Waals surface area contributed by atoms with Crippen molar-refractivity contribution in [3.05, 3.63) is 45.7 Å². The van der Waals surface area contributed by atoms with Crippen molar-refractivity contribution in [3.63, 3.8) is 0 Å². The molecule has 0 saturated heterocycles. The van der Waals surface area contributed by atoms with Crippen molar-refractivity contribution in [2.75, 3.05) is 0 Å². The molecule has 0 unspecified atom stereocenters. The molecule has 0 bridgehead atoms. The highest BCUT2D eigenvalue weighted by Gasteiger charge is 2.13.